The first kappa shape index (κ1) is 18.5. The summed E-state index contributed by atoms with van der Waals surface area (Å²) >= 11 is 0. The largest absolute Gasteiger partial charge is 0.508 e. The molecule has 4 heteroatoms. The van der Waals surface area contributed by atoms with E-state index < -0.39 is 0 Å². The van der Waals surface area contributed by atoms with E-state index in [4.69, 9.17) is 10.7 Å². The number of nitrogens with zero attached hydrogens (tertiary/aromatic N) is 2. The number of unbranched alkanes of at least 4 members (excludes halogenated alkanes) is 4. The van der Waals surface area contributed by atoms with E-state index in [-0.39, 0.29) is 11.8 Å². The van der Waals surface area contributed by atoms with Crippen LogP contribution in [-0.2, 0) is 13.0 Å². The predicted molar refractivity (Wildman–Crippen MR) is 107 cm³/mol. The Hall–Kier alpha value is -2.33. The fraction of sp³-hybridized carbons (Fsp3) is 0.409. The number of imidazole rings is 1. The van der Waals surface area contributed by atoms with Crippen molar-refractivity contribution in [2.75, 3.05) is 0 Å². The van der Waals surface area contributed by atoms with Gasteiger partial charge in [-0.3, -0.25) is 0 Å². The van der Waals surface area contributed by atoms with E-state index >= 15 is 0 Å². The second-order valence-electron chi connectivity index (χ2n) is 7.00. The first-order chi connectivity index (χ1) is 12.7. The van der Waals surface area contributed by atoms with Crippen molar-refractivity contribution >= 4 is 11.0 Å². The van der Waals surface area contributed by atoms with Crippen molar-refractivity contribution < 1.29 is 5.11 Å². The van der Waals surface area contributed by atoms with E-state index in [1.807, 2.05) is 18.2 Å². The van der Waals surface area contributed by atoms with Crippen LogP contribution in [0.4, 0.5) is 0 Å². The molecule has 138 valence electrons. The molecule has 1 heterocycles. The molecule has 0 bridgehead atoms. The summed E-state index contributed by atoms with van der Waals surface area (Å²) in [6, 6.07) is 15.4. The number of aromatic nitrogens is 2. The van der Waals surface area contributed by atoms with Crippen LogP contribution < -0.4 is 5.73 Å². The first-order valence-corrected chi connectivity index (χ1v) is 9.67. The van der Waals surface area contributed by atoms with Crippen LogP contribution in [0.2, 0.25) is 0 Å². The Labute approximate surface area is 155 Å². The fourth-order valence-corrected chi connectivity index (χ4v) is 3.46. The van der Waals surface area contributed by atoms with Crippen LogP contribution in [-0.4, -0.2) is 14.7 Å². The predicted octanol–water partition coefficient (Wildman–Crippen LogP) is 4.95. The highest BCUT2D eigenvalue weighted by Crippen LogP contribution is 2.23. The molecule has 26 heavy (non-hydrogen) atoms. The monoisotopic (exact) mass is 351 g/mol. The van der Waals surface area contributed by atoms with Gasteiger partial charge in [0.05, 0.1) is 17.1 Å². The zero-order chi connectivity index (χ0) is 18.4. The Balaban J connectivity index is 1.79. The SMILES string of the molecule is CCCCCCCn1c(C(N)Cc2ccc(O)cc2)nc2ccccc21. The molecule has 0 amide bonds. The highest BCUT2D eigenvalue weighted by Gasteiger charge is 2.17. The Kier molecular flexibility index (Phi) is 6.29. The van der Waals surface area contributed by atoms with E-state index in [1.165, 1.54) is 31.2 Å². The van der Waals surface area contributed by atoms with E-state index in [1.54, 1.807) is 12.1 Å². The van der Waals surface area contributed by atoms with Crippen LogP contribution in [0.1, 0.15) is 56.5 Å². The number of phenolic OH excluding ortho intramolecular Hbond substituents is 1. The molecular weight excluding hydrogens is 322 g/mol. The van der Waals surface area contributed by atoms with Crippen LogP contribution in [0.15, 0.2) is 48.5 Å². The van der Waals surface area contributed by atoms with E-state index in [0.29, 0.717) is 6.42 Å². The molecule has 0 spiro atoms. The fourth-order valence-electron chi connectivity index (χ4n) is 3.46. The van der Waals surface area contributed by atoms with E-state index in [0.717, 1.165) is 29.9 Å². The van der Waals surface area contributed by atoms with Crippen molar-refractivity contribution in [1.82, 2.24) is 9.55 Å². The van der Waals surface area contributed by atoms with Crippen LogP contribution in [0.25, 0.3) is 11.0 Å². The van der Waals surface area contributed by atoms with Gasteiger partial charge in [-0.25, -0.2) is 4.98 Å². The van der Waals surface area contributed by atoms with Gasteiger partial charge in [0.15, 0.2) is 0 Å². The maximum absolute atomic E-state index is 9.46. The van der Waals surface area contributed by atoms with E-state index in [2.05, 4.69) is 29.7 Å². The minimum absolute atomic E-state index is 0.164. The molecule has 0 aliphatic heterocycles. The number of hydrogen-bond acceptors (Lipinski definition) is 3. The number of nitrogens with two attached hydrogens (primary N) is 1. The van der Waals surface area contributed by atoms with Crippen LogP contribution in [0.5, 0.6) is 5.75 Å². The first-order valence-electron chi connectivity index (χ1n) is 9.67. The van der Waals surface area contributed by atoms with Crippen LogP contribution in [0, 0.1) is 0 Å². The zero-order valence-electron chi connectivity index (χ0n) is 15.6. The Morgan fingerprint density at radius 2 is 1.73 bits per heavy atom. The smallest absolute Gasteiger partial charge is 0.127 e. The summed E-state index contributed by atoms with van der Waals surface area (Å²) in [5.74, 6) is 1.23. The number of aryl methyl sites for hydroxylation is 1. The summed E-state index contributed by atoms with van der Waals surface area (Å²) in [7, 11) is 0. The number of para-hydroxylation sites is 2. The average molecular weight is 351 g/mol. The minimum Gasteiger partial charge on any atom is -0.508 e. The topological polar surface area (TPSA) is 64.1 Å². The summed E-state index contributed by atoms with van der Waals surface area (Å²) in [5, 5.41) is 9.46. The average Bonchev–Trinajstić information content (AvgIpc) is 3.02. The standard InChI is InChI=1S/C22H29N3O/c1-2-3-4-5-8-15-25-21-10-7-6-9-20(21)24-22(25)19(23)16-17-11-13-18(26)14-12-17/h6-7,9-14,19,26H,2-5,8,15-16,23H2,1H3. The van der Waals surface area contributed by atoms with Gasteiger partial charge in [0.1, 0.15) is 11.6 Å². The highest BCUT2D eigenvalue weighted by atomic mass is 16.3. The third kappa shape index (κ3) is 4.44. The molecule has 3 rings (SSSR count). The number of phenols is 1. The molecule has 2 aromatic carbocycles. The lowest BCUT2D eigenvalue weighted by Crippen LogP contribution is -2.19. The number of benzene rings is 2. The van der Waals surface area contributed by atoms with Crippen molar-refractivity contribution in [1.29, 1.82) is 0 Å². The van der Waals surface area contributed by atoms with Crippen LogP contribution >= 0.6 is 0 Å². The summed E-state index contributed by atoms with van der Waals surface area (Å²) < 4.78 is 2.30. The molecule has 3 N–H and O–H groups in total. The Bertz CT molecular complexity index is 823. The lowest BCUT2D eigenvalue weighted by molar-refractivity contribution is 0.475. The zero-order valence-corrected chi connectivity index (χ0v) is 15.6. The van der Waals surface area contributed by atoms with Crippen molar-refractivity contribution in [3.63, 3.8) is 0 Å². The molecule has 1 unspecified atom stereocenters. The molecule has 1 atom stereocenters. The molecule has 0 fully saturated rings. The molecule has 4 nitrogen and oxygen atoms in total. The summed E-state index contributed by atoms with van der Waals surface area (Å²) in [6.45, 7) is 3.20. The molecule has 1 aromatic heterocycles. The second kappa shape index (κ2) is 8.86. The molecule has 0 aliphatic carbocycles. The van der Waals surface area contributed by atoms with Crippen molar-refractivity contribution in [3.05, 3.63) is 59.9 Å². The van der Waals surface area contributed by atoms with Gasteiger partial charge in [0.2, 0.25) is 0 Å². The Morgan fingerprint density at radius 1 is 1.00 bits per heavy atom. The second-order valence-corrected chi connectivity index (χ2v) is 7.00. The lowest BCUT2D eigenvalue weighted by Gasteiger charge is -2.15. The summed E-state index contributed by atoms with van der Waals surface area (Å²) in [5.41, 5.74) is 9.82. The molecule has 0 saturated heterocycles. The molecule has 0 aliphatic rings. The van der Waals surface area contributed by atoms with Crippen molar-refractivity contribution in [2.45, 2.75) is 58.0 Å². The van der Waals surface area contributed by atoms with Gasteiger partial charge in [-0.2, -0.15) is 0 Å². The molecule has 3 aromatic rings. The normalized spacial score (nSPS) is 12.5. The van der Waals surface area contributed by atoms with Gasteiger partial charge in [-0.1, -0.05) is 56.9 Å². The van der Waals surface area contributed by atoms with Crippen molar-refractivity contribution in [3.8, 4) is 5.75 Å². The maximum Gasteiger partial charge on any atom is 0.127 e. The quantitative estimate of drug-likeness (QED) is 0.536. The molecule has 0 radical (unpaired) electrons. The van der Waals surface area contributed by atoms with Crippen molar-refractivity contribution in [2.24, 2.45) is 5.73 Å². The summed E-state index contributed by atoms with van der Waals surface area (Å²) in [4.78, 5) is 4.83. The molecule has 0 saturated carbocycles. The number of hydrogen-bond donors (Lipinski definition) is 2. The number of rotatable bonds is 9. The van der Waals surface area contributed by atoms with Gasteiger partial charge >= 0.3 is 0 Å². The van der Waals surface area contributed by atoms with Gasteiger partial charge in [-0.05, 0) is 42.7 Å². The number of fused-ring (bicyclic) bond motifs is 1. The van der Waals surface area contributed by atoms with Gasteiger partial charge in [0.25, 0.3) is 0 Å². The van der Waals surface area contributed by atoms with Gasteiger partial charge in [-0.15, -0.1) is 0 Å². The van der Waals surface area contributed by atoms with Gasteiger partial charge in [0, 0.05) is 6.54 Å². The number of aromatic hydroxyl groups is 1. The molecular formula is C22H29N3O. The summed E-state index contributed by atoms with van der Waals surface area (Å²) in [6.07, 6.45) is 6.96. The van der Waals surface area contributed by atoms with E-state index in [9.17, 15) is 5.11 Å². The lowest BCUT2D eigenvalue weighted by atomic mass is 10.1. The highest BCUT2D eigenvalue weighted by molar-refractivity contribution is 5.76. The Morgan fingerprint density at radius 3 is 2.50 bits per heavy atom. The maximum atomic E-state index is 9.46. The third-order valence-corrected chi connectivity index (χ3v) is 4.89. The minimum atomic E-state index is -0.164. The van der Waals surface area contributed by atoms with Crippen LogP contribution in [0.3, 0.4) is 0 Å². The third-order valence-electron chi connectivity index (χ3n) is 4.89. The van der Waals surface area contributed by atoms with Gasteiger partial charge < -0.3 is 15.4 Å².